The number of esters is 4. The van der Waals surface area contributed by atoms with Gasteiger partial charge in [0.15, 0.2) is 12.2 Å². The number of allylic oxidation sites excluding steroid dienone is 15. The van der Waals surface area contributed by atoms with Gasteiger partial charge in [-0.2, -0.15) is 0 Å². The number of aliphatic hydroxyl groups excluding tert-OH is 1. The Hall–Kier alpha value is -4.02. The van der Waals surface area contributed by atoms with Crippen LogP contribution in [-0.4, -0.2) is 96.7 Å². The van der Waals surface area contributed by atoms with Gasteiger partial charge in [0.25, 0.3) is 0 Å². The molecule has 5 unspecified atom stereocenters. The monoisotopic (exact) mass is 1390 g/mol. The third kappa shape index (κ3) is 68.5. The van der Waals surface area contributed by atoms with Crippen molar-refractivity contribution in [1.82, 2.24) is 0 Å². The first kappa shape index (κ1) is 92.0. The minimum Gasteiger partial charge on any atom is -0.462 e. The van der Waals surface area contributed by atoms with Crippen LogP contribution in [0.15, 0.2) is 97.2 Å². The highest BCUT2D eigenvalue weighted by molar-refractivity contribution is 7.47. The van der Waals surface area contributed by atoms with E-state index in [0.717, 1.165) is 128 Å². The van der Waals surface area contributed by atoms with Gasteiger partial charge in [0.05, 0.1) is 32.8 Å². The summed E-state index contributed by atoms with van der Waals surface area (Å²) in [6.07, 6.45) is 71.5. The number of hydrogen-bond acceptors (Lipinski definition) is 15. The van der Waals surface area contributed by atoms with E-state index in [-0.39, 0.29) is 25.7 Å². The summed E-state index contributed by atoms with van der Waals surface area (Å²) in [5.74, 6) is -2.32. The number of carbonyl (C=O) groups excluding carboxylic acids is 4. The second-order valence-corrected chi connectivity index (χ2v) is 27.8. The van der Waals surface area contributed by atoms with Gasteiger partial charge in [-0.15, -0.1) is 0 Å². The summed E-state index contributed by atoms with van der Waals surface area (Å²) in [6, 6.07) is 0. The molecule has 0 aliphatic heterocycles. The lowest BCUT2D eigenvalue weighted by molar-refractivity contribution is -0.161. The van der Waals surface area contributed by atoms with Crippen molar-refractivity contribution in [1.29, 1.82) is 0 Å². The molecule has 0 fully saturated rings. The Morgan fingerprint density at radius 1 is 0.312 bits per heavy atom. The Balaban J connectivity index is 5.39. The summed E-state index contributed by atoms with van der Waals surface area (Å²) in [4.78, 5) is 72.7. The normalized spacial score (nSPS) is 14.5. The topological polar surface area (TPSA) is 237 Å². The summed E-state index contributed by atoms with van der Waals surface area (Å²) in [7, 11) is -9.96. The molecule has 0 saturated carbocycles. The van der Waals surface area contributed by atoms with Crippen LogP contribution >= 0.6 is 15.6 Å². The van der Waals surface area contributed by atoms with Gasteiger partial charge in [0.2, 0.25) is 0 Å². The molecule has 3 N–H and O–H groups in total. The van der Waals surface area contributed by atoms with Crippen LogP contribution in [0.2, 0.25) is 0 Å². The molecule has 0 radical (unpaired) electrons. The van der Waals surface area contributed by atoms with Crippen LogP contribution in [-0.2, 0) is 65.4 Å². The molecule has 19 heteroatoms. The van der Waals surface area contributed by atoms with Crippen LogP contribution in [0.25, 0.3) is 0 Å². The van der Waals surface area contributed by atoms with Gasteiger partial charge in [-0.1, -0.05) is 298 Å². The van der Waals surface area contributed by atoms with Crippen LogP contribution in [0.1, 0.15) is 310 Å². The number of phosphoric ester groups is 2. The first-order chi connectivity index (χ1) is 46.7. The van der Waals surface area contributed by atoms with Gasteiger partial charge in [-0.3, -0.25) is 37.3 Å². The van der Waals surface area contributed by atoms with Gasteiger partial charge < -0.3 is 33.8 Å². The highest BCUT2D eigenvalue weighted by atomic mass is 31.2. The lowest BCUT2D eigenvalue weighted by Gasteiger charge is -2.21. The van der Waals surface area contributed by atoms with Gasteiger partial charge in [-0.05, 0) is 83.5 Å². The van der Waals surface area contributed by atoms with E-state index >= 15 is 0 Å². The fourth-order valence-electron chi connectivity index (χ4n) is 9.96. The molecule has 17 nitrogen and oxygen atoms in total. The van der Waals surface area contributed by atoms with Crippen molar-refractivity contribution in [3.05, 3.63) is 97.2 Å². The zero-order chi connectivity index (χ0) is 70.4. The lowest BCUT2D eigenvalue weighted by Crippen LogP contribution is -2.30. The van der Waals surface area contributed by atoms with Gasteiger partial charge in [0.1, 0.15) is 19.3 Å². The quantitative estimate of drug-likeness (QED) is 0.0169. The Morgan fingerprint density at radius 2 is 0.583 bits per heavy atom. The van der Waals surface area contributed by atoms with E-state index in [1.54, 1.807) is 6.08 Å². The fraction of sp³-hybridized carbons (Fsp3) is 0.740. The minimum atomic E-state index is -4.99. The number of hydrogen-bond donors (Lipinski definition) is 3. The Kier molecular flexibility index (Phi) is 66.6. The molecule has 96 heavy (non-hydrogen) atoms. The molecule has 5 atom stereocenters. The molecule has 0 saturated heterocycles. The smallest absolute Gasteiger partial charge is 0.462 e. The van der Waals surface area contributed by atoms with Crippen LogP contribution in [0.5, 0.6) is 0 Å². The van der Waals surface area contributed by atoms with E-state index in [4.69, 9.17) is 37.0 Å². The molecule has 554 valence electrons. The highest BCUT2D eigenvalue weighted by Gasteiger charge is 2.30. The zero-order valence-electron chi connectivity index (χ0n) is 60.3. The molecular weight excluding hydrogens is 1260 g/mol. The van der Waals surface area contributed by atoms with Crippen LogP contribution in [0.3, 0.4) is 0 Å². The Morgan fingerprint density at radius 3 is 0.927 bits per heavy atom. The van der Waals surface area contributed by atoms with E-state index in [1.165, 1.54) is 103 Å². The molecule has 0 aliphatic rings. The van der Waals surface area contributed by atoms with Crippen molar-refractivity contribution in [2.75, 3.05) is 39.6 Å². The van der Waals surface area contributed by atoms with Gasteiger partial charge in [0, 0.05) is 19.3 Å². The van der Waals surface area contributed by atoms with Crippen molar-refractivity contribution in [3.8, 4) is 0 Å². The van der Waals surface area contributed by atoms with Crippen LogP contribution in [0, 0.1) is 0 Å². The standard InChI is InChI=1S/C77H134O17P2/c1-5-9-13-17-21-25-29-33-35-39-41-45-49-53-57-61-74(79)87-67-72(93-76(81)63-59-55-51-47-43-37-31-27-23-19-15-11-7-3)69-91-95(83,84)89-65-71(78)66-90-96(85,86)92-70-73(94-77(82)64-60-56-52-48-44-38-32-28-24-20-16-12-8-4)68-88-75(80)62-58-54-50-46-42-40-36-34-30-26-22-18-14-10-6-2/h9-10,13-14,21-22,25-26,33-36,41,45,53,57,71-73,78H,5-8,11-12,15-20,23-24,27-32,37-40,42-44,46-52,54-56,58-70H2,1-4H3,(H,83,84)(H,85,86)/b13-9-,14-10-,25-21-,26-22-,35-33-,36-34-,45-41-,57-53-. The summed E-state index contributed by atoms with van der Waals surface area (Å²) in [5.41, 5.74) is 0. The number of rotatable bonds is 70. The molecule has 0 heterocycles. The molecule has 0 aromatic carbocycles. The highest BCUT2D eigenvalue weighted by Crippen LogP contribution is 2.45. The molecule has 0 spiro atoms. The summed E-state index contributed by atoms with van der Waals surface area (Å²) < 4.78 is 68.3. The average Bonchev–Trinajstić information content (AvgIpc) is 1.14. The van der Waals surface area contributed by atoms with Crippen LogP contribution < -0.4 is 0 Å². The summed E-state index contributed by atoms with van der Waals surface area (Å²) in [5, 5.41) is 10.6. The predicted molar refractivity (Wildman–Crippen MR) is 390 cm³/mol. The third-order valence-electron chi connectivity index (χ3n) is 15.6. The van der Waals surface area contributed by atoms with Crippen molar-refractivity contribution in [2.24, 2.45) is 0 Å². The summed E-state index contributed by atoms with van der Waals surface area (Å²) in [6.45, 7) is 4.54. The largest absolute Gasteiger partial charge is 0.472 e. The molecule has 0 aromatic heterocycles. The minimum absolute atomic E-state index is 0.0685. The maximum absolute atomic E-state index is 13.1. The first-order valence-corrected chi connectivity index (χ1v) is 40.5. The lowest BCUT2D eigenvalue weighted by atomic mass is 10.0. The van der Waals surface area contributed by atoms with Gasteiger partial charge >= 0.3 is 39.5 Å². The molecule has 0 bridgehead atoms. The molecule has 0 amide bonds. The first-order valence-electron chi connectivity index (χ1n) is 37.5. The van der Waals surface area contributed by atoms with Gasteiger partial charge in [-0.25, -0.2) is 9.13 Å². The number of ether oxygens (including phenoxy) is 4. The summed E-state index contributed by atoms with van der Waals surface area (Å²) >= 11 is 0. The predicted octanol–water partition coefficient (Wildman–Crippen LogP) is 21.2. The Bertz CT molecular complexity index is 2200. The molecular formula is C77H134O17P2. The second kappa shape index (κ2) is 69.5. The van der Waals surface area contributed by atoms with E-state index in [1.807, 2.05) is 18.2 Å². The van der Waals surface area contributed by atoms with E-state index in [9.17, 15) is 43.2 Å². The molecule has 0 rings (SSSR count). The van der Waals surface area contributed by atoms with E-state index in [2.05, 4.69) is 101 Å². The van der Waals surface area contributed by atoms with Crippen molar-refractivity contribution in [3.63, 3.8) is 0 Å². The number of carbonyl (C=O) groups is 4. The second-order valence-electron chi connectivity index (χ2n) is 24.9. The maximum Gasteiger partial charge on any atom is 0.472 e. The number of aliphatic hydroxyl groups is 1. The number of phosphoric acid groups is 2. The van der Waals surface area contributed by atoms with Crippen molar-refractivity contribution >= 4 is 39.5 Å². The SMILES string of the molecule is CC/C=C\C/C=C\C/C=C\C/C=C\C/C=C\CC(=O)OCC(COP(=O)(O)OCC(O)COP(=O)(O)OCC(COC(=O)CCCCCCC/C=C\C/C=C\C/C=C\CC)OC(=O)CCCCCCCCCCCCCCC)OC(=O)CCCCCCCCCCCCCCC. The van der Waals surface area contributed by atoms with Crippen molar-refractivity contribution < 1.29 is 80.2 Å². The Labute approximate surface area is 582 Å². The van der Waals surface area contributed by atoms with Crippen LogP contribution in [0.4, 0.5) is 0 Å². The average molecular weight is 1390 g/mol. The van der Waals surface area contributed by atoms with E-state index in [0.29, 0.717) is 25.7 Å². The maximum atomic E-state index is 13.1. The van der Waals surface area contributed by atoms with Crippen molar-refractivity contribution in [2.45, 2.75) is 329 Å². The molecule has 0 aromatic rings. The zero-order valence-corrected chi connectivity index (χ0v) is 62.1. The number of unbranched alkanes of at least 4 members (excludes halogenated alkanes) is 29. The fourth-order valence-corrected chi connectivity index (χ4v) is 11.5. The van der Waals surface area contributed by atoms with E-state index < -0.39 is 97.5 Å². The third-order valence-corrected chi connectivity index (χ3v) is 17.5. The molecule has 0 aliphatic carbocycles.